The van der Waals surface area contributed by atoms with Crippen molar-refractivity contribution >= 4 is 5.91 Å². The maximum atomic E-state index is 13.0. The lowest BCUT2D eigenvalue weighted by atomic mass is 9.86. The van der Waals surface area contributed by atoms with Crippen molar-refractivity contribution in [3.63, 3.8) is 0 Å². The van der Waals surface area contributed by atoms with Crippen LogP contribution < -0.4 is 5.32 Å². The predicted molar refractivity (Wildman–Crippen MR) is 79.3 cm³/mol. The molecule has 4 rings (SSSR count). The van der Waals surface area contributed by atoms with Gasteiger partial charge in [0.05, 0.1) is 0 Å². The fourth-order valence-corrected chi connectivity index (χ4v) is 5.64. The Morgan fingerprint density at radius 1 is 1.05 bits per heavy atom. The van der Waals surface area contributed by atoms with Crippen molar-refractivity contribution < 1.29 is 4.79 Å². The first kappa shape index (κ1) is 13.1. The van der Waals surface area contributed by atoms with Gasteiger partial charge in [-0.05, 0) is 63.7 Å². The van der Waals surface area contributed by atoms with Crippen molar-refractivity contribution in [3.8, 4) is 0 Å². The van der Waals surface area contributed by atoms with Gasteiger partial charge in [-0.15, -0.1) is 0 Å². The largest absolute Gasteiger partial charge is 0.340 e. The number of nitrogens with one attached hydrogen (secondary N) is 1. The van der Waals surface area contributed by atoms with Gasteiger partial charge in [-0.25, -0.2) is 0 Å². The van der Waals surface area contributed by atoms with Crippen molar-refractivity contribution in [1.82, 2.24) is 10.2 Å². The van der Waals surface area contributed by atoms with Crippen molar-refractivity contribution in [2.75, 3.05) is 6.54 Å². The van der Waals surface area contributed by atoms with Gasteiger partial charge in [0, 0.05) is 30.6 Å². The zero-order chi connectivity index (χ0) is 13.7. The molecule has 2 aliphatic heterocycles. The standard InChI is InChI=1S/C17H28N2O/c1-2-19(15-9-13-5-6-14(10-15)18-13)17(20)16-8-11-3-4-12(16)7-11/h11-16,18H,2-10H2,1H3. The normalized spacial score (nSPS) is 45.9. The van der Waals surface area contributed by atoms with Crippen molar-refractivity contribution in [1.29, 1.82) is 0 Å². The molecule has 2 aliphatic carbocycles. The zero-order valence-corrected chi connectivity index (χ0v) is 12.7. The summed E-state index contributed by atoms with van der Waals surface area (Å²) in [5.41, 5.74) is 0. The molecule has 5 unspecified atom stereocenters. The number of carbonyl (C=O) groups excluding carboxylic acids is 1. The van der Waals surface area contributed by atoms with E-state index in [0.717, 1.165) is 18.4 Å². The molecule has 0 aromatic rings. The van der Waals surface area contributed by atoms with Gasteiger partial charge in [0.25, 0.3) is 0 Å². The van der Waals surface area contributed by atoms with Crippen LogP contribution in [0.4, 0.5) is 0 Å². The van der Waals surface area contributed by atoms with Crippen LogP contribution in [0.5, 0.6) is 0 Å². The zero-order valence-electron chi connectivity index (χ0n) is 12.7. The molecule has 4 fully saturated rings. The topological polar surface area (TPSA) is 32.3 Å². The molecule has 4 aliphatic rings. The van der Waals surface area contributed by atoms with Gasteiger partial charge < -0.3 is 10.2 Å². The van der Waals surface area contributed by atoms with E-state index < -0.39 is 0 Å². The molecule has 2 heterocycles. The van der Waals surface area contributed by atoms with E-state index in [1.807, 2.05) is 0 Å². The van der Waals surface area contributed by atoms with Crippen molar-refractivity contribution in [2.24, 2.45) is 17.8 Å². The minimum Gasteiger partial charge on any atom is -0.340 e. The second-order valence-corrected chi connectivity index (χ2v) is 7.67. The van der Waals surface area contributed by atoms with Gasteiger partial charge in [-0.1, -0.05) is 6.42 Å². The molecule has 0 aromatic heterocycles. The molecular weight excluding hydrogens is 248 g/mol. The highest BCUT2D eigenvalue weighted by Gasteiger charge is 2.46. The van der Waals surface area contributed by atoms with Crippen LogP contribution in [-0.4, -0.2) is 35.5 Å². The van der Waals surface area contributed by atoms with E-state index in [0.29, 0.717) is 30.0 Å². The van der Waals surface area contributed by atoms with E-state index in [-0.39, 0.29) is 0 Å². The molecule has 112 valence electrons. The Morgan fingerprint density at radius 3 is 2.35 bits per heavy atom. The third kappa shape index (κ3) is 2.09. The Kier molecular flexibility index (Phi) is 3.29. The lowest BCUT2D eigenvalue weighted by molar-refractivity contribution is -0.140. The highest BCUT2D eigenvalue weighted by molar-refractivity contribution is 5.80. The molecule has 5 atom stereocenters. The SMILES string of the molecule is CCN(C(=O)C1CC2CCC1C2)C1CC2CCC(C1)N2. The lowest BCUT2D eigenvalue weighted by Crippen LogP contribution is -2.52. The second-order valence-electron chi connectivity index (χ2n) is 7.67. The van der Waals surface area contributed by atoms with Gasteiger partial charge >= 0.3 is 0 Å². The Balaban J connectivity index is 1.46. The van der Waals surface area contributed by atoms with Crippen LogP contribution in [0.1, 0.15) is 58.3 Å². The van der Waals surface area contributed by atoms with E-state index in [2.05, 4.69) is 17.1 Å². The fourth-order valence-electron chi connectivity index (χ4n) is 5.64. The number of carbonyl (C=O) groups is 1. The minimum atomic E-state index is 0.376. The van der Waals surface area contributed by atoms with Gasteiger partial charge in [0.15, 0.2) is 0 Å². The summed E-state index contributed by atoms with van der Waals surface area (Å²) in [6.07, 6.45) is 10.3. The van der Waals surface area contributed by atoms with Crippen LogP contribution in [0.15, 0.2) is 0 Å². The van der Waals surface area contributed by atoms with Crippen molar-refractivity contribution in [3.05, 3.63) is 0 Å². The highest BCUT2D eigenvalue weighted by Crippen LogP contribution is 2.49. The molecule has 2 saturated heterocycles. The Labute approximate surface area is 122 Å². The fraction of sp³-hybridized carbons (Fsp3) is 0.941. The maximum absolute atomic E-state index is 13.0. The summed E-state index contributed by atoms with van der Waals surface area (Å²) in [6.45, 7) is 3.09. The van der Waals surface area contributed by atoms with E-state index >= 15 is 0 Å². The highest BCUT2D eigenvalue weighted by atomic mass is 16.2. The first-order chi connectivity index (χ1) is 9.74. The molecule has 1 N–H and O–H groups in total. The number of rotatable bonds is 3. The predicted octanol–water partition coefficient (Wildman–Crippen LogP) is 2.55. The van der Waals surface area contributed by atoms with Crippen LogP contribution in [0.25, 0.3) is 0 Å². The average molecular weight is 276 g/mol. The molecule has 0 aromatic carbocycles. The molecule has 4 bridgehead atoms. The number of fused-ring (bicyclic) bond motifs is 4. The smallest absolute Gasteiger partial charge is 0.226 e. The molecular formula is C17H28N2O. The van der Waals surface area contributed by atoms with Crippen LogP contribution in [0.3, 0.4) is 0 Å². The summed E-state index contributed by atoms with van der Waals surface area (Å²) in [6, 6.07) is 1.88. The van der Waals surface area contributed by atoms with Crippen molar-refractivity contribution in [2.45, 2.75) is 76.4 Å². The monoisotopic (exact) mass is 276 g/mol. The van der Waals surface area contributed by atoms with Gasteiger partial charge in [-0.3, -0.25) is 4.79 Å². The van der Waals surface area contributed by atoms with Crippen LogP contribution in [0.2, 0.25) is 0 Å². The van der Waals surface area contributed by atoms with Crippen LogP contribution >= 0.6 is 0 Å². The van der Waals surface area contributed by atoms with E-state index in [1.165, 1.54) is 51.4 Å². The quantitative estimate of drug-likeness (QED) is 0.859. The summed E-state index contributed by atoms with van der Waals surface area (Å²) >= 11 is 0. The van der Waals surface area contributed by atoms with E-state index in [4.69, 9.17) is 0 Å². The Bertz CT molecular complexity index is 384. The summed E-state index contributed by atoms with van der Waals surface area (Å²) in [5.74, 6) is 2.48. The minimum absolute atomic E-state index is 0.376. The van der Waals surface area contributed by atoms with E-state index in [1.54, 1.807) is 0 Å². The Morgan fingerprint density at radius 2 is 1.80 bits per heavy atom. The molecule has 0 spiro atoms. The molecule has 3 heteroatoms. The number of nitrogens with zero attached hydrogens (tertiary/aromatic N) is 1. The molecule has 0 radical (unpaired) electrons. The first-order valence-corrected chi connectivity index (χ1v) is 8.81. The lowest BCUT2D eigenvalue weighted by Gasteiger charge is -2.39. The summed E-state index contributed by atoms with van der Waals surface area (Å²) in [7, 11) is 0. The summed E-state index contributed by atoms with van der Waals surface area (Å²) in [5, 5.41) is 3.70. The molecule has 20 heavy (non-hydrogen) atoms. The average Bonchev–Trinajstić information content (AvgIpc) is 3.15. The third-order valence-corrected chi connectivity index (χ3v) is 6.57. The third-order valence-electron chi connectivity index (χ3n) is 6.57. The van der Waals surface area contributed by atoms with Crippen LogP contribution in [-0.2, 0) is 4.79 Å². The summed E-state index contributed by atoms with van der Waals surface area (Å²) in [4.78, 5) is 15.3. The van der Waals surface area contributed by atoms with Gasteiger partial charge in [-0.2, -0.15) is 0 Å². The van der Waals surface area contributed by atoms with Crippen LogP contribution in [0, 0.1) is 17.8 Å². The molecule has 2 saturated carbocycles. The Hall–Kier alpha value is -0.570. The van der Waals surface area contributed by atoms with Gasteiger partial charge in [0.2, 0.25) is 5.91 Å². The van der Waals surface area contributed by atoms with E-state index in [9.17, 15) is 4.79 Å². The molecule has 1 amide bonds. The number of piperidine rings is 1. The second kappa shape index (κ2) is 5.01. The maximum Gasteiger partial charge on any atom is 0.226 e. The number of amides is 1. The van der Waals surface area contributed by atoms with Gasteiger partial charge in [0.1, 0.15) is 0 Å². The molecule has 3 nitrogen and oxygen atoms in total. The number of hydrogen-bond acceptors (Lipinski definition) is 2. The first-order valence-electron chi connectivity index (χ1n) is 8.81. The summed E-state index contributed by atoms with van der Waals surface area (Å²) < 4.78 is 0. The number of hydrogen-bond donors (Lipinski definition) is 1.